The van der Waals surface area contributed by atoms with E-state index >= 15 is 0 Å². The first-order valence-electron chi connectivity index (χ1n) is 4.60. The van der Waals surface area contributed by atoms with E-state index in [1.54, 1.807) is 0 Å². The SMILES string of the molecule is NCCC[C@@H](N)C(=O)OC(=O)[C@@H](N)CS. The van der Waals surface area contributed by atoms with Crippen LogP contribution in [0.25, 0.3) is 0 Å². The molecule has 7 heteroatoms. The predicted molar refractivity (Wildman–Crippen MR) is 59.2 cm³/mol. The Kier molecular flexibility index (Phi) is 7.31. The Bertz CT molecular complexity index is 225. The molecule has 6 N–H and O–H groups in total. The van der Waals surface area contributed by atoms with Crippen molar-refractivity contribution in [3.8, 4) is 0 Å². The zero-order chi connectivity index (χ0) is 11.8. The van der Waals surface area contributed by atoms with E-state index in [9.17, 15) is 9.59 Å². The van der Waals surface area contributed by atoms with Crippen LogP contribution in [0.15, 0.2) is 0 Å². The third-order valence-electron chi connectivity index (χ3n) is 1.72. The van der Waals surface area contributed by atoms with Gasteiger partial charge in [0.2, 0.25) is 0 Å². The second-order valence-corrected chi connectivity index (χ2v) is 3.43. The van der Waals surface area contributed by atoms with Gasteiger partial charge in [-0.1, -0.05) is 0 Å². The van der Waals surface area contributed by atoms with Gasteiger partial charge in [0.15, 0.2) is 0 Å². The second kappa shape index (κ2) is 7.63. The van der Waals surface area contributed by atoms with E-state index in [2.05, 4.69) is 17.4 Å². The third kappa shape index (κ3) is 5.73. The van der Waals surface area contributed by atoms with E-state index < -0.39 is 24.0 Å². The maximum atomic E-state index is 11.2. The van der Waals surface area contributed by atoms with Gasteiger partial charge in [0.05, 0.1) is 0 Å². The summed E-state index contributed by atoms with van der Waals surface area (Å²) in [7, 11) is 0. The van der Waals surface area contributed by atoms with Gasteiger partial charge >= 0.3 is 11.9 Å². The van der Waals surface area contributed by atoms with E-state index in [0.29, 0.717) is 19.4 Å². The Morgan fingerprint density at radius 2 is 1.73 bits per heavy atom. The molecule has 0 aliphatic carbocycles. The first-order valence-corrected chi connectivity index (χ1v) is 5.23. The molecule has 0 unspecified atom stereocenters. The van der Waals surface area contributed by atoms with Crippen molar-refractivity contribution in [2.24, 2.45) is 17.2 Å². The number of rotatable bonds is 6. The van der Waals surface area contributed by atoms with E-state index in [4.69, 9.17) is 17.2 Å². The number of carbonyl (C=O) groups excluding carboxylic acids is 2. The van der Waals surface area contributed by atoms with Crippen LogP contribution in [0.4, 0.5) is 0 Å². The Labute approximate surface area is 93.9 Å². The molecule has 0 amide bonds. The van der Waals surface area contributed by atoms with Crippen LogP contribution in [0.5, 0.6) is 0 Å². The zero-order valence-corrected chi connectivity index (χ0v) is 9.28. The average Bonchev–Trinajstić information content (AvgIpc) is 2.24. The number of esters is 2. The number of thiol groups is 1. The van der Waals surface area contributed by atoms with Crippen molar-refractivity contribution in [1.82, 2.24) is 0 Å². The minimum atomic E-state index is -0.904. The van der Waals surface area contributed by atoms with Gasteiger partial charge in [0.25, 0.3) is 0 Å². The number of ether oxygens (including phenoxy) is 1. The highest BCUT2D eigenvalue weighted by molar-refractivity contribution is 7.80. The monoisotopic (exact) mass is 235 g/mol. The van der Waals surface area contributed by atoms with Crippen LogP contribution in [0.1, 0.15) is 12.8 Å². The molecule has 0 spiro atoms. The van der Waals surface area contributed by atoms with Crippen LogP contribution in [0.2, 0.25) is 0 Å². The van der Waals surface area contributed by atoms with Gasteiger partial charge < -0.3 is 21.9 Å². The van der Waals surface area contributed by atoms with Crippen LogP contribution in [-0.4, -0.2) is 36.3 Å². The minimum absolute atomic E-state index is 0.115. The van der Waals surface area contributed by atoms with Crippen molar-refractivity contribution >= 4 is 24.6 Å². The number of nitrogens with two attached hydrogens (primary N) is 3. The van der Waals surface area contributed by atoms with Gasteiger partial charge in [-0.05, 0) is 19.4 Å². The minimum Gasteiger partial charge on any atom is -0.391 e. The quantitative estimate of drug-likeness (QED) is 0.249. The lowest BCUT2D eigenvalue weighted by atomic mass is 10.2. The molecule has 0 aromatic carbocycles. The van der Waals surface area contributed by atoms with E-state index in [1.807, 2.05) is 0 Å². The lowest BCUT2D eigenvalue weighted by Crippen LogP contribution is -2.40. The molecule has 6 nitrogen and oxygen atoms in total. The van der Waals surface area contributed by atoms with Crippen molar-refractivity contribution in [2.45, 2.75) is 24.9 Å². The molecule has 0 aliphatic rings. The average molecular weight is 235 g/mol. The lowest BCUT2D eigenvalue weighted by molar-refractivity contribution is -0.161. The molecule has 88 valence electrons. The Hall–Kier alpha value is -0.630. The van der Waals surface area contributed by atoms with Crippen LogP contribution >= 0.6 is 12.6 Å². The molecule has 0 bridgehead atoms. The Morgan fingerprint density at radius 1 is 1.20 bits per heavy atom. The molecule has 0 heterocycles. The van der Waals surface area contributed by atoms with Crippen LogP contribution < -0.4 is 17.2 Å². The Morgan fingerprint density at radius 3 is 2.20 bits per heavy atom. The molecule has 0 fully saturated rings. The lowest BCUT2D eigenvalue weighted by Gasteiger charge is -2.11. The summed E-state index contributed by atoms with van der Waals surface area (Å²) in [5, 5.41) is 0. The van der Waals surface area contributed by atoms with Crippen molar-refractivity contribution < 1.29 is 14.3 Å². The summed E-state index contributed by atoms with van der Waals surface area (Å²) in [5.41, 5.74) is 16.0. The number of carbonyl (C=O) groups is 2. The molecule has 0 rings (SSSR count). The Balaban J connectivity index is 3.96. The molecule has 0 saturated carbocycles. The molecule has 0 aliphatic heterocycles. The largest absolute Gasteiger partial charge is 0.391 e. The van der Waals surface area contributed by atoms with Gasteiger partial charge in [0, 0.05) is 5.75 Å². The summed E-state index contributed by atoms with van der Waals surface area (Å²) in [6, 6.07) is -1.73. The fourth-order valence-corrected chi connectivity index (χ4v) is 0.930. The first kappa shape index (κ1) is 14.4. The van der Waals surface area contributed by atoms with Gasteiger partial charge in [-0.3, -0.25) is 0 Å². The predicted octanol–water partition coefficient (Wildman–Crippen LogP) is -1.62. The molecule has 15 heavy (non-hydrogen) atoms. The van der Waals surface area contributed by atoms with Crippen molar-refractivity contribution in [2.75, 3.05) is 12.3 Å². The summed E-state index contributed by atoms with van der Waals surface area (Å²) in [6.07, 6.45) is 0.988. The highest BCUT2D eigenvalue weighted by atomic mass is 32.1. The van der Waals surface area contributed by atoms with Gasteiger partial charge in [-0.2, -0.15) is 12.6 Å². The summed E-state index contributed by atoms with van der Waals surface area (Å²) < 4.78 is 4.44. The summed E-state index contributed by atoms with van der Waals surface area (Å²) >= 11 is 3.80. The van der Waals surface area contributed by atoms with Crippen LogP contribution in [0, 0.1) is 0 Å². The maximum absolute atomic E-state index is 11.2. The van der Waals surface area contributed by atoms with Crippen LogP contribution in [-0.2, 0) is 14.3 Å². The summed E-state index contributed by atoms with van der Waals surface area (Å²) in [4.78, 5) is 22.3. The van der Waals surface area contributed by atoms with E-state index in [0.717, 1.165) is 0 Å². The molecule has 2 atom stereocenters. The summed E-state index contributed by atoms with van der Waals surface area (Å²) in [6.45, 7) is 0.436. The molecular formula is C8H17N3O3S. The standard InChI is InChI=1S/C8H17N3O3S/c9-3-1-2-5(10)7(12)14-8(13)6(11)4-15/h5-6,15H,1-4,9-11H2/t5-,6+/m1/s1. The highest BCUT2D eigenvalue weighted by Crippen LogP contribution is 1.98. The van der Waals surface area contributed by atoms with Crippen LogP contribution in [0.3, 0.4) is 0 Å². The molecule has 0 saturated heterocycles. The van der Waals surface area contributed by atoms with Gasteiger partial charge in [-0.15, -0.1) is 0 Å². The topological polar surface area (TPSA) is 121 Å². The van der Waals surface area contributed by atoms with Crippen molar-refractivity contribution in [3.05, 3.63) is 0 Å². The third-order valence-corrected chi connectivity index (χ3v) is 2.12. The van der Waals surface area contributed by atoms with E-state index in [1.165, 1.54) is 0 Å². The summed E-state index contributed by atoms with van der Waals surface area (Å²) in [5.74, 6) is -1.46. The normalized spacial score (nSPS) is 14.4. The molecule has 0 aromatic heterocycles. The molecule has 0 radical (unpaired) electrons. The van der Waals surface area contributed by atoms with Gasteiger partial charge in [0.1, 0.15) is 12.1 Å². The molecule has 0 aromatic rings. The van der Waals surface area contributed by atoms with Gasteiger partial charge in [-0.25, -0.2) is 9.59 Å². The first-order chi connectivity index (χ1) is 7.02. The zero-order valence-electron chi connectivity index (χ0n) is 8.39. The number of hydrogen-bond donors (Lipinski definition) is 4. The fourth-order valence-electron chi connectivity index (χ4n) is 0.781. The fraction of sp³-hybridized carbons (Fsp3) is 0.750. The van der Waals surface area contributed by atoms with E-state index in [-0.39, 0.29) is 5.75 Å². The molecular weight excluding hydrogens is 218 g/mol. The second-order valence-electron chi connectivity index (χ2n) is 3.07. The smallest absolute Gasteiger partial charge is 0.331 e. The van der Waals surface area contributed by atoms with Crippen molar-refractivity contribution in [1.29, 1.82) is 0 Å². The number of hydrogen-bond acceptors (Lipinski definition) is 7. The van der Waals surface area contributed by atoms with Crippen molar-refractivity contribution in [3.63, 3.8) is 0 Å². The highest BCUT2D eigenvalue weighted by Gasteiger charge is 2.21. The maximum Gasteiger partial charge on any atom is 0.331 e.